The van der Waals surface area contributed by atoms with Crippen molar-refractivity contribution in [3.63, 3.8) is 0 Å². The second-order valence-electron chi connectivity index (χ2n) is 4.90. The van der Waals surface area contributed by atoms with Gasteiger partial charge in [0.15, 0.2) is 4.90 Å². The molecule has 0 aliphatic rings. The zero-order chi connectivity index (χ0) is 12.8. The zero-order valence-corrected chi connectivity index (χ0v) is 13.0. The summed E-state index contributed by atoms with van der Waals surface area (Å²) in [6.45, 7) is 9.09. The second-order valence-corrected chi connectivity index (χ2v) is 7.14. The summed E-state index contributed by atoms with van der Waals surface area (Å²) in [5.74, 6) is 2.78. The van der Waals surface area contributed by atoms with Crippen molar-refractivity contribution >= 4 is 10.9 Å². The molecule has 0 aliphatic carbocycles. The predicted octanol–water partition coefficient (Wildman–Crippen LogP) is 4.22. The van der Waals surface area contributed by atoms with E-state index in [1.54, 1.807) is 4.90 Å². The van der Waals surface area contributed by atoms with Crippen LogP contribution in [0.1, 0.15) is 50.9 Å². The SMILES string of the molecule is CCCC[S+](CCCC)c1cc(C)n(C)c1C. The lowest BCUT2D eigenvalue weighted by molar-refractivity contribution is 0.832. The number of hydrogen-bond acceptors (Lipinski definition) is 0. The summed E-state index contributed by atoms with van der Waals surface area (Å²) >= 11 is 0. The van der Waals surface area contributed by atoms with Gasteiger partial charge in [-0.05, 0) is 26.7 Å². The summed E-state index contributed by atoms with van der Waals surface area (Å²) in [6.07, 6.45) is 5.39. The summed E-state index contributed by atoms with van der Waals surface area (Å²) in [5.41, 5.74) is 2.89. The molecule has 17 heavy (non-hydrogen) atoms. The molecule has 0 bridgehead atoms. The third-order valence-electron chi connectivity index (χ3n) is 3.53. The summed E-state index contributed by atoms with van der Waals surface area (Å²) in [6, 6.07) is 2.42. The van der Waals surface area contributed by atoms with Gasteiger partial charge in [0, 0.05) is 29.7 Å². The third kappa shape index (κ3) is 3.80. The van der Waals surface area contributed by atoms with Crippen LogP contribution >= 0.6 is 0 Å². The first-order chi connectivity index (χ1) is 8.11. The van der Waals surface area contributed by atoms with E-state index in [0.29, 0.717) is 10.9 Å². The molecule has 2 heteroatoms. The number of aryl methyl sites for hydroxylation is 1. The van der Waals surface area contributed by atoms with Gasteiger partial charge < -0.3 is 4.57 Å². The van der Waals surface area contributed by atoms with Gasteiger partial charge in [-0.3, -0.25) is 0 Å². The van der Waals surface area contributed by atoms with Gasteiger partial charge in [0.1, 0.15) is 11.5 Å². The highest BCUT2D eigenvalue weighted by molar-refractivity contribution is 7.96. The predicted molar refractivity (Wildman–Crippen MR) is 80.1 cm³/mol. The van der Waals surface area contributed by atoms with E-state index in [2.05, 4.69) is 45.4 Å². The van der Waals surface area contributed by atoms with E-state index in [-0.39, 0.29) is 0 Å². The van der Waals surface area contributed by atoms with E-state index in [1.807, 2.05) is 0 Å². The molecule has 0 radical (unpaired) electrons. The Hall–Kier alpha value is -0.370. The molecule has 0 atom stereocenters. The van der Waals surface area contributed by atoms with E-state index in [1.165, 1.54) is 48.6 Å². The van der Waals surface area contributed by atoms with Crippen LogP contribution in [0, 0.1) is 13.8 Å². The summed E-state index contributed by atoms with van der Waals surface area (Å²) < 4.78 is 2.34. The minimum absolute atomic E-state index is 0.491. The molecule has 0 saturated carbocycles. The average Bonchev–Trinajstić information content (AvgIpc) is 2.57. The van der Waals surface area contributed by atoms with Crippen molar-refractivity contribution in [3.8, 4) is 0 Å². The number of rotatable bonds is 7. The van der Waals surface area contributed by atoms with Crippen LogP contribution in [0.5, 0.6) is 0 Å². The molecular formula is C15H28NS+. The van der Waals surface area contributed by atoms with Crippen molar-refractivity contribution in [2.24, 2.45) is 7.05 Å². The van der Waals surface area contributed by atoms with Crippen molar-refractivity contribution in [2.45, 2.75) is 58.3 Å². The van der Waals surface area contributed by atoms with Gasteiger partial charge >= 0.3 is 0 Å². The van der Waals surface area contributed by atoms with E-state index in [0.717, 1.165) is 0 Å². The Morgan fingerprint density at radius 2 is 1.59 bits per heavy atom. The Bertz CT molecular complexity index is 333. The molecule has 0 amide bonds. The molecule has 0 saturated heterocycles. The van der Waals surface area contributed by atoms with Crippen molar-refractivity contribution in [3.05, 3.63) is 17.5 Å². The van der Waals surface area contributed by atoms with E-state index in [9.17, 15) is 0 Å². The Balaban J connectivity index is 2.83. The lowest BCUT2D eigenvalue weighted by Crippen LogP contribution is -2.13. The standard InChI is InChI=1S/C15H28NS/c1-6-8-10-17(11-9-7-2)15-12-13(3)16(5)14(15)4/h12H,6-11H2,1-5H3/q+1. The van der Waals surface area contributed by atoms with Crippen molar-refractivity contribution in [2.75, 3.05) is 11.5 Å². The van der Waals surface area contributed by atoms with Crippen molar-refractivity contribution < 1.29 is 0 Å². The maximum absolute atomic E-state index is 2.42. The number of unbranched alkanes of at least 4 members (excludes halogenated alkanes) is 2. The van der Waals surface area contributed by atoms with Gasteiger partial charge in [0.2, 0.25) is 0 Å². The first-order valence-corrected chi connectivity index (χ1v) is 8.48. The van der Waals surface area contributed by atoms with Crippen LogP contribution in [-0.4, -0.2) is 16.1 Å². The monoisotopic (exact) mass is 254 g/mol. The molecule has 0 aromatic carbocycles. The maximum atomic E-state index is 2.42. The van der Waals surface area contributed by atoms with Gasteiger partial charge in [0.25, 0.3) is 0 Å². The molecular weight excluding hydrogens is 226 g/mol. The minimum atomic E-state index is 0.491. The molecule has 1 rings (SSSR count). The average molecular weight is 254 g/mol. The molecule has 0 fully saturated rings. The number of nitrogens with zero attached hydrogens (tertiary/aromatic N) is 1. The van der Waals surface area contributed by atoms with E-state index >= 15 is 0 Å². The highest BCUT2D eigenvalue weighted by Gasteiger charge is 2.25. The lowest BCUT2D eigenvalue weighted by atomic mass is 10.4. The lowest BCUT2D eigenvalue weighted by Gasteiger charge is -2.07. The molecule has 0 aliphatic heterocycles. The molecule has 1 nitrogen and oxygen atoms in total. The Morgan fingerprint density at radius 3 is 1.94 bits per heavy atom. The van der Waals surface area contributed by atoms with Crippen LogP contribution in [0.2, 0.25) is 0 Å². The summed E-state index contributed by atoms with van der Waals surface area (Å²) in [4.78, 5) is 1.63. The van der Waals surface area contributed by atoms with E-state index in [4.69, 9.17) is 0 Å². The van der Waals surface area contributed by atoms with Gasteiger partial charge in [-0.15, -0.1) is 0 Å². The second kappa shape index (κ2) is 7.15. The third-order valence-corrected chi connectivity index (χ3v) is 6.13. The van der Waals surface area contributed by atoms with Crippen LogP contribution < -0.4 is 0 Å². The van der Waals surface area contributed by atoms with Gasteiger partial charge in [-0.1, -0.05) is 26.7 Å². The molecule has 0 spiro atoms. The minimum Gasteiger partial charge on any atom is -0.348 e. The highest BCUT2D eigenvalue weighted by atomic mass is 32.2. The largest absolute Gasteiger partial charge is 0.348 e. The van der Waals surface area contributed by atoms with Crippen molar-refractivity contribution in [1.82, 2.24) is 4.57 Å². The fourth-order valence-corrected chi connectivity index (χ4v) is 4.88. The normalized spacial score (nSPS) is 11.4. The summed E-state index contributed by atoms with van der Waals surface area (Å²) in [5, 5.41) is 0. The fraction of sp³-hybridized carbons (Fsp3) is 0.733. The molecule has 0 N–H and O–H groups in total. The first kappa shape index (κ1) is 14.7. The maximum Gasteiger partial charge on any atom is 0.175 e. The number of hydrogen-bond donors (Lipinski definition) is 0. The Labute approximate surface area is 110 Å². The van der Waals surface area contributed by atoms with Crippen LogP contribution in [-0.2, 0) is 17.9 Å². The highest BCUT2D eigenvalue weighted by Crippen LogP contribution is 2.24. The van der Waals surface area contributed by atoms with Gasteiger partial charge in [-0.25, -0.2) is 0 Å². The first-order valence-electron chi connectivity index (χ1n) is 6.92. The van der Waals surface area contributed by atoms with Crippen LogP contribution in [0.3, 0.4) is 0 Å². The van der Waals surface area contributed by atoms with Gasteiger partial charge in [0.05, 0.1) is 5.69 Å². The van der Waals surface area contributed by atoms with Crippen molar-refractivity contribution in [1.29, 1.82) is 0 Å². The quantitative estimate of drug-likeness (QED) is 0.642. The van der Waals surface area contributed by atoms with Crippen LogP contribution in [0.25, 0.3) is 0 Å². The fourth-order valence-electron chi connectivity index (χ4n) is 2.07. The molecule has 1 heterocycles. The smallest absolute Gasteiger partial charge is 0.175 e. The Kier molecular flexibility index (Phi) is 6.18. The van der Waals surface area contributed by atoms with Crippen LogP contribution in [0.4, 0.5) is 0 Å². The Morgan fingerprint density at radius 1 is 1.06 bits per heavy atom. The number of aromatic nitrogens is 1. The zero-order valence-electron chi connectivity index (χ0n) is 12.2. The molecule has 1 aromatic heterocycles. The topological polar surface area (TPSA) is 4.93 Å². The molecule has 0 unspecified atom stereocenters. The van der Waals surface area contributed by atoms with E-state index < -0.39 is 0 Å². The van der Waals surface area contributed by atoms with Gasteiger partial charge in [-0.2, -0.15) is 0 Å². The van der Waals surface area contributed by atoms with Crippen LogP contribution in [0.15, 0.2) is 11.0 Å². The molecule has 1 aromatic rings. The molecule has 98 valence electrons. The summed E-state index contributed by atoms with van der Waals surface area (Å²) in [7, 11) is 2.68.